The molecule has 0 saturated heterocycles. The summed E-state index contributed by atoms with van der Waals surface area (Å²) in [7, 11) is 0. The van der Waals surface area contributed by atoms with Crippen LogP contribution in [0.15, 0.2) is 36.4 Å². The van der Waals surface area contributed by atoms with Crippen LogP contribution in [0.3, 0.4) is 0 Å². The first-order valence-corrected chi connectivity index (χ1v) is 6.44. The number of benzene rings is 2. The van der Waals surface area contributed by atoms with Gasteiger partial charge in [0.2, 0.25) is 0 Å². The second-order valence-corrected chi connectivity index (χ2v) is 6.29. The van der Waals surface area contributed by atoms with Gasteiger partial charge >= 0.3 is 0 Å². The third-order valence-electron chi connectivity index (χ3n) is 4.39. The smallest absolute Gasteiger partial charge is 0.152 e. The van der Waals surface area contributed by atoms with E-state index in [1.54, 1.807) is 0 Å². The summed E-state index contributed by atoms with van der Waals surface area (Å²) in [5, 5.41) is 2.51. The monoisotopic (exact) mass is 238 g/mol. The lowest BCUT2D eigenvalue weighted by Gasteiger charge is -2.40. The zero-order chi connectivity index (χ0) is 13.1. The summed E-state index contributed by atoms with van der Waals surface area (Å²) in [5.74, 6) is 0.307. The Kier molecular flexibility index (Phi) is 2.05. The van der Waals surface area contributed by atoms with Crippen molar-refractivity contribution in [2.24, 2.45) is 0 Å². The molecule has 1 heteroatoms. The van der Waals surface area contributed by atoms with Crippen LogP contribution in [0.1, 0.15) is 38.8 Å². The number of ketones is 1. The van der Waals surface area contributed by atoms with Gasteiger partial charge in [-0.05, 0) is 49.6 Å². The largest absolute Gasteiger partial charge is 0.298 e. The van der Waals surface area contributed by atoms with Crippen molar-refractivity contribution < 1.29 is 4.79 Å². The molecule has 0 unspecified atom stereocenters. The molecule has 0 fully saturated rings. The van der Waals surface area contributed by atoms with Crippen LogP contribution in [0, 0.1) is 0 Å². The molecule has 18 heavy (non-hydrogen) atoms. The molecule has 3 rings (SSSR count). The summed E-state index contributed by atoms with van der Waals surface area (Å²) in [6.45, 7) is 8.17. The minimum Gasteiger partial charge on any atom is -0.298 e. The van der Waals surface area contributed by atoms with Crippen LogP contribution in [-0.4, -0.2) is 5.78 Å². The Morgan fingerprint density at radius 1 is 0.778 bits per heavy atom. The average Bonchev–Trinajstić information content (AvgIpc) is 2.34. The molecular formula is C17H18O. The van der Waals surface area contributed by atoms with Crippen molar-refractivity contribution in [2.45, 2.75) is 38.5 Å². The van der Waals surface area contributed by atoms with E-state index in [-0.39, 0.29) is 0 Å². The first-order valence-electron chi connectivity index (χ1n) is 6.44. The normalized spacial score (nSPS) is 20.1. The zero-order valence-electron chi connectivity index (χ0n) is 11.4. The van der Waals surface area contributed by atoms with Crippen molar-refractivity contribution in [2.75, 3.05) is 0 Å². The summed E-state index contributed by atoms with van der Waals surface area (Å²) in [6, 6.07) is 12.6. The zero-order valence-corrected chi connectivity index (χ0v) is 11.4. The summed E-state index contributed by atoms with van der Waals surface area (Å²) in [5.41, 5.74) is 1.52. The van der Waals surface area contributed by atoms with E-state index in [4.69, 9.17) is 0 Å². The third kappa shape index (κ3) is 1.19. The molecule has 0 amide bonds. The highest BCUT2D eigenvalue weighted by molar-refractivity contribution is 6.08. The van der Waals surface area contributed by atoms with E-state index < -0.39 is 10.8 Å². The molecule has 0 heterocycles. The summed E-state index contributed by atoms with van der Waals surface area (Å²) < 4.78 is 0. The highest BCUT2D eigenvalue weighted by atomic mass is 16.1. The maximum Gasteiger partial charge on any atom is 0.152 e. The van der Waals surface area contributed by atoms with Gasteiger partial charge in [0, 0.05) is 10.8 Å². The van der Waals surface area contributed by atoms with Crippen LogP contribution in [0.5, 0.6) is 0 Å². The van der Waals surface area contributed by atoms with Crippen LogP contribution in [-0.2, 0) is 15.6 Å². The van der Waals surface area contributed by atoms with E-state index in [0.29, 0.717) is 5.78 Å². The first-order chi connectivity index (χ1) is 8.37. The second-order valence-electron chi connectivity index (χ2n) is 6.29. The van der Waals surface area contributed by atoms with Gasteiger partial charge in [-0.2, -0.15) is 0 Å². The predicted octanol–water partition coefficient (Wildman–Crippen LogP) is 3.98. The van der Waals surface area contributed by atoms with Crippen LogP contribution < -0.4 is 0 Å². The molecule has 0 spiro atoms. The van der Waals surface area contributed by atoms with Gasteiger partial charge in [0.05, 0.1) is 0 Å². The van der Waals surface area contributed by atoms with Crippen LogP contribution in [0.2, 0.25) is 0 Å². The van der Waals surface area contributed by atoms with Crippen LogP contribution in [0.25, 0.3) is 10.8 Å². The van der Waals surface area contributed by atoms with Crippen LogP contribution >= 0.6 is 0 Å². The number of carbonyl (C=O) groups is 1. The summed E-state index contributed by atoms with van der Waals surface area (Å²) >= 11 is 0. The maximum absolute atomic E-state index is 12.8. The lowest BCUT2D eigenvalue weighted by molar-refractivity contribution is -0.128. The highest BCUT2D eigenvalue weighted by Crippen LogP contribution is 2.46. The average molecular weight is 238 g/mol. The molecule has 0 atom stereocenters. The van der Waals surface area contributed by atoms with Crippen molar-refractivity contribution >= 4 is 16.6 Å². The Morgan fingerprint density at radius 2 is 1.22 bits per heavy atom. The fourth-order valence-corrected chi connectivity index (χ4v) is 3.41. The lowest BCUT2D eigenvalue weighted by Crippen LogP contribution is -2.46. The van der Waals surface area contributed by atoms with Gasteiger partial charge in [-0.15, -0.1) is 0 Å². The Morgan fingerprint density at radius 3 is 1.67 bits per heavy atom. The molecule has 92 valence electrons. The van der Waals surface area contributed by atoms with Crippen molar-refractivity contribution in [1.82, 2.24) is 0 Å². The molecule has 2 aromatic carbocycles. The van der Waals surface area contributed by atoms with Crippen molar-refractivity contribution in [1.29, 1.82) is 0 Å². The van der Waals surface area contributed by atoms with Crippen LogP contribution in [0.4, 0.5) is 0 Å². The molecule has 0 bridgehead atoms. The van der Waals surface area contributed by atoms with E-state index in [2.05, 4.69) is 36.4 Å². The highest BCUT2D eigenvalue weighted by Gasteiger charge is 2.46. The minimum atomic E-state index is -0.405. The van der Waals surface area contributed by atoms with E-state index in [0.717, 1.165) is 0 Å². The minimum absolute atomic E-state index is 0.307. The van der Waals surface area contributed by atoms with E-state index in [9.17, 15) is 4.79 Å². The third-order valence-corrected chi connectivity index (χ3v) is 4.39. The lowest BCUT2D eigenvalue weighted by atomic mass is 9.61. The van der Waals surface area contributed by atoms with Crippen molar-refractivity contribution in [3.05, 3.63) is 47.5 Å². The number of hydrogen-bond donors (Lipinski definition) is 0. The molecular weight excluding hydrogens is 220 g/mol. The SMILES string of the molecule is CC1(C)C(=O)C(C)(C)c2cccc3cccc1c23. The molecule has 2 aromatic rings. The Bertz CT molecular complexity index is 610. The molecule has 1 aliphatic carbocycles. The maximum atomic E-state index is 12.8. The predicted molar refractivity (Wildman–Crippen MR) is 75.0 cm³/mol. The van der Waals surface area contributed by atoms with Crippen molar-refractivity contribution in [3.8, 4) is 0 Å². The Hall–Kier alpha value is -1.63. The van der Waals surface area contributed by atoms with E-state index in [1.165, 1.54) is 21.9 Å². The van der Waals surface area contributed by atoms with Gasteiger partial charge in [0.1, 0.15) is 0 Å². The fraction of sp³-hybridized carbons (Fsp3) is 0.353. The van der Waals surface area contributed by atoms with Gasteiger partial charge in [-0.3, -0.25) is 4.79 Å². The van der Waals surface area contributed by atoms with E-state index >= 15 is 0 Å². The summed E-state index contributed by atoms with van der Waals surface area (Å²) in [4.78, 5) is 12.8. The van der Waals surface area contributed by atoms with Gasteiger partial charge in [0.15, 0.2) is 5.78 Å². The quantitative estimate of drug-likeness (QED) is 0.678. The summed E-state index contributed by atoms with van der Waals surface area (Å²) in [6.07, 6.45) is 0. The van der Waals surface area contributed by atoms with Gasteiger partial charge < -0.3 is 0 Å². The molecule has 0 N–H and O–H groups in total. The molecule has 1 aliphatic rings. The standard InChI is InChI=1S/C17H18O/c1-16(2)12-9-5-7-11-8-6-10-13(14(11)12)17(3,4)15(16)18/h5-10H,1-4H3. The van der Waals surface area contributed by atoms with Crippen molar-refractivity contribution in [3.63, 3.8) is 0 Å². The topological polar surface area (TPSA) is 17.1 Å². The molecule has 0 radical (unpaired) electrons. The second kappa shape index (κ2) is 3.23. The number of rotatable bonds is 0. The number of Topliss-reactive ketones (excluding diaryl/α,β-unsaturated/α-hetero) is 1. The molecule has 0 aromatic heterocycles. The molecule has 1 nitrogen and oxygen atoms in total. The number of hydrogen-bond acceptors (Lipinski definition) is 1. The number of carbonyl (C=O) groups excluding carboxylic acids is 1. The van der Waals surface area contributed by atoms with E-state index in [1.807, 2.05) is 27.7 Å². The van der Waals surface area contributed by atoms with Gasteiger partial charge in [-0.1, -0.05) is 36.4 Å². The Labute approximate surface area is 108 Å². The molecule has 0 saturated carbocycles. The Balaban J connectivity index is 2.56. The van der Waals surface area contributed by atoms with Gasteiger partial charge in [0.25, 0.3) is 0 Å². The molecule has 0 aliphatic heterocycles. The fourth-order valence-electron chi connectivity index (χ4n) is 3.41. The van der Waals surface area contributed by atoms with Gasteiger partial charge in [-0.25, -0.2) is 0 Å². The first kappa shape index (κ1) is 11.5.